The molecular formula is C17H18N4O3. The van der Waals surface area contributed by atoms with Crippen LogP contribution in [0.2, 0.25) is 0 Å². The van der Waals surface area contributed by atoms with Crippen LogP contribution in [0, 0.1) is 5.92 Å². The van der Waals surface area contributed by atoms with Crippen molar-refractivity contribution in [2.24, 2.45) is 11.0 Å². The van der Waals surface area contributed by atoms with Gasteiger partial charge in [0.25, 0.3) is 0 Å². The molecule has 2 aliphatic heterocycles. The fourth-order valence-corrected chi connectivity index (χ4v) is 5.44. The van der Waals surface area contributed by atoms with Crippen molar-refractivity contribution in [2.75, 3.05) is 13.6 Å². The molecule has 1 aromatic rings. The van der Waals surface area contributed by atoms with E-state index in [9.17, 15) is 10.2 Å². The molecule has 1 fully saturated rings. The van der Waals surface area contributed by atoms with Crippen LogP contribution in [0.25, 0.3) is 10.4 Å². The van der Waals surface area contributed by atoms with Gasteiger partial charge in [-0.25, -0.2) is 0 Å². The molecule has 1 aromatic carbocycles. The van der Waals surface area contributed by atoms with E-state index >= 15 is 0 Å². The molecule has 2 bridgehead atoms. The highest BCUT2D eigenvalue weighted by atomic mass is 16.5. The summed E-state index contributed by atoms with van der Waals surface area (Å²) in [6.45, 7) is 0.871. The van der Waals surface area contributed by atoms with E-state index in [1.807, 2.05) is 12.1 Å². The van der Waals surface area contributed by atoms with Crippen LogP contribution in [0.1, 0.15) is 17.5 Å². The van der Waals surface area contributed by atoms with Gasteiger partial charge < -0.3 is 19.8 Å². The topological polar surface area (TPSA) is 102 Å². The number of likely N-dealkylation sites (tertiary alicyclic amines) is 1. The van der Waals surface area contributed by atoms with E-state index in [0.29, 0.717) is 11.8 Å². The van der Waals surface area contributed by atoms with Crippen LogP contribution < -0.4 is 4.74 Å². The first-order valence-corrected chi connectivity index (χ1v) is 8.21. The molecule has 24 heavy (non-hydrogen) atoms. The lowest BCUT2D eigenvalue weighted by Gasteiger charge is -2.57. The van der Waals surface area contributed by atoms with Crippen LogP contribution in [0.5, 0.6) is 11.5 Å². The molecular weight excluding hydrogens is 308 g/mol. The number of azide groups is 1. The van der Waals surface area contributed by atoms with Gasteiger partial charge in [0, 0.05) is 27.8 Å². The molecule has 2 N–H and O–H groups in total. The zero-order chi connectivity index (χ0) is 16.7. The molecule has 0 aromatic heterocycles. The number of phenols is 1. The quantitative estimate of drug-likeness (QED) is 0.356. The minimum atomic E-state index is -1.74. The van der Waals surface area contributed by atoms with Gasteiger partial charge in [-0.15, -0.1) is 0 Å². The SMILES string of the molecule is CN1CC[C@]23c4c5ccc(O)c4O[C@H]2[C@](O)(N=[N+]=[N-])C=C[C@H]3[C@H]1C5. The molecule has 0 amide bonds. The number of hydrogen-bond donors (Lipinski definition) is 2. The number of hydrogen-bond acceptors (Lipinski definition) is 5. The van der Waals surface area contributed by atoms with Crippen molar-refractivity contribution in [2.45, 2.75) is 36.1 Å². The van der Waals surface area contributed by atoms with Crippen molar-refractivity contribution in [1.29, 1.82) is 0 Å². The number of nitrogens with zero attached hydrogens (tertiary/aromatic N) is 4. The summed E-state index contributed by atoms with van der Waals surface area (Å²) < 4.78 is 6.08. The Morgan fingerprint density at radius 2 is 2.29 bits per heavy atom. The summed E-state index contributed by atoms with van der Waals surface area (Å²) in [7, 11) is 2.12. The molecule has 5 atom stereocenters. The molecule has 0 unspecified atom stereocenters. The van der Waals surface area contributed by atoms with Crippen molar-refractivity contribution >= 4 is 0 Å². The maximum Gasteiger partial charge on any atom is 0.199 e. The van der Waals surface area contributed by atoms with Crippen molar-refractivity contribution in [1.82, 2.24) is 4.90 Å². The number of rotatable bonds is 1. The fraction of sp³-hybridized carbons (Fsp3) is 0.529. The van der Waals surface area contributed by atoms with Crippen LogP contribution in [-0.4, -0.2) is 46.6 Å². The molecule has 4 aliphatic rings. The van der Waals surface area contributed by atoms with Crippen molar-refractivity contribution in [3.63, 3.8) is 0 Å². The number of likely N-dealkylation sites (N-methyl/N-ethyl adjacent to an activating group) is 1. The predicted molar refractivity (Wildman–Crippen MR) is 85.7 cm³/mol. The number of ether oxygens (including phenoxy) is 1. The third-order valence-corrected chi connectivity index (χ3v) is 6.41. The average molecular weight is 326 g/mol. The van der Waals surface area contributed by atoms with Gasteiger partial charge in [0.05, 0.1) is 0 Å². The number of aliphatic hydroxyl groups is 1. The van der Waals surface area contributed by atoms with Crippen molar-refractivity contribution < 1.29 is 14.9 Å². The Morgan fingerprint density at radius 3 is 3.08 bits per heavy atom. The van der Waals surface area contributed by atoms with Crippen LogP contribution in [0.3, 0.4) is 0 Å². The predicted octanol–water partition coefficient (Wildman–Crippen LogP) is 1.84. The highest BCUT2D eigenvalue weighted by Crippen LogP contribution is 2.63. The molecule has 0 saturated carbocycles. The Balaban J connectivity index is 1.84. The normalized spacial score (nSPS) is 41.3. The highest BCUT2D eigenvalue weighted by Gasteiger charge is 2.67. The third kappa shape index (κ3) is 1.39. The van der Waals surface area contributed by atoms with Crippen LogP contribution >= 0.6 is 0 Å². The third-order valence-electron chi connectivity index (χ3n) is 6.41. The number of benzene rings is 1. The standard InChI is InChI=1S/C17H18N4O3/c1-21-7-6-16-10-4-5-17(23,19-20-18)15(16)24-14-12(22)3-2-9(13(14)16)8-11(10)21/h2-5,10-11,15,22-23H,6-8H2,1H3/t10-,11+,15+,16-,17-/m0/s1. The molecule has 1 saturated heterocycles. The van der Waals surface area contributed by atoms with Gasteiger partial charge in [-0.05, 0) is 49.7 Å². The second-order valence-electron chi connectivity index (χ2n) is 7.35. The Morgan fingerprint density at radius 1 is 1.46 bits per heavy atom. The Bertz CT molecular complexity index is 833. The van der Waals surface area contributed by atoms with E-state index in [1.54, 1.807) is 12.1 Å². The Kier molecular flexibility index (Phi) is 2.51. The smallest absolute Gasteiger partial charge is 0.199 e. The lowest BCUT2D eigenvalue weighted by molar-refractivity contribution is -0.0945. The number of aromatic hydroxyl groups is 1. The summed E-state index contributed by atoms with van der Waals surface area (Å²) in [6.07, 6.45) is 4.50. The molecule has 124 valence electrons. The van der Waals surface area contributed by atoms with E-state index in [2.05, 4.69) is 22.0 Å². The summed E-state index contributed by atoms with van der Waals surface area (Å²) >= 11 is 0. The van der Waals surface area contributed by atoms with Crippen molar-refractivity contribution in [3.05, 3.63) is 45.9 Å². The Labute approximate surface area is 138 Å². The average Bonchev–Trinajstić information content (AvgIpc) is 2.91. The molecule has 2 aliphatic carbocycles. The summed E-state index contributed by atoms with van der Waals surface area (Å²) in [5, 5.41) is 24.9. The first-order chi connectivity index (χ1) is 11.5. The summed E-state index contributed by atoms with van der Waals surface area (Å²) in [4.78, 5) is 5.18. The monoisotopic (exact) mass is 326 g/mol. The zero-order valence-corrected chi connectivity index (χ0v) is 13.3. The highest BCUT2D eigenvalue weighted by molar-refractivity contribution is 5.62. The largest absolute Gasteiger partial charge is 0.504 e. The molecule has 7 heteroatoms. The summed E-state index contributed by atoms with van der Waals surface area (Å²) in [5.74, 6) is 0.684. The first kappa shape index (κ1) is 14.2. The first-order valence-electron chi connectivity index (χ1n) is 8.21. The molecule has 2 heterocycles. The van der Waals surface area contributed by atoms with Gasteiger partial charge >= 0.3 is 0 Å². The maximum absolute atomic E-state index is 11.0. The summed E-state index contributed by atoms with van der Waals surface area (Å²) in [5.41, 5.74) is 8.87. The van der Waals surface area contributed by atoms with Crippen molar-refractivity contribution in [3.8, 4) is 11.5 Å². The van der Waals surface area contributed by atoms with Gasteiger partial charge in [0.15, 0.2) is 17.2 Å². The fourth-order valence-electron chi connectivity index (χ4n) is 5.44. The van der Waals surface area contributed by atoms with E-state index in [-0.39, 0.29) is 11.7 Å². The summed E-state index contributed by atoms with van der Waals surface area (Å²) in [6, 6.07) is 3.91. The van der Waals surface area contributed by atoms with E-state index in [0.717, 1.165) is 30.5 Å². The Hall–Kier alpha value is -2.21. The van der Waals surface area contributed by atoms with E-state index < -0.39 is 17.2 Å². The molecule has 7 nitrogen and oxygen atoms in total. The molecule has 0 radical (unpaired) electrons. The van der Waals surface area contributed by atoms with Crippen LogP contribution in [-0.2, 0) is 11.8 Å². The number of phenolic OH excluding ortho intramolecular Hbond substituents is 1. The van der Waals surface area contributed by atoms with E-state index in [1.165, 1.54) is 0 Å². The zero-order valence-electron chi connectivity index (χ0n) is 13.3. The second kappa shape index (κ2) is 4.25. The van der Waals surface area contributed by atoms with Crippen LogP contribution in [0.4, 0.5) is 0 Å². The molecule has 5 rings (SSSR count). The van der Waals surface area contributed by atoms with Gasteiger partial charge in [0.1, 0.15) is 6.10 Å². The van der Waals surface area contributed by atoms with Gasteiger partial charge in [-0.2, -0.15) is 0 Å². The van der Waals surface area contributed by atoms with E-state index in [4.69, 9.17) is 10.3 Å². The lowest BCUT2D eigenvalue weighted by Crippen LogP contribution is -2.67. The molecule has 1 spiro atoms. The van der Waals surface area contributed by atoms with Crippen LogP contribution in [0.15, 0.2) is 29.4 Å². The van der Waals surface area contributed by atoms with Gasteiger partial charge in [-0.3, -0.25) is 0 Å². The van der Waals surface area contributed by atoms with Gasteiger partial charge in [0.2, 0.25) is 0 Å². The second-order valence-corrected chi connectivity index (χ2v) is 7.35. The van der Waals surface area contributed by atoms with Gasteiger partial charge in [-0.1, -0.05) is 17.3 Å². The number of piperidine rings is 1. The minimum absolute atomic E-state index is 0.0805. The maximum atomic E-state index is 11.0. The minimum Gasteiger partial charge on any atom is -0.504 e. The lowest BCUT2D eigenvalue weighted by atomic mass is 9.52.